The van der Waals surface area contributed by atoms with E-state index >= 15 is 0 Å². The highest BCUT2D eigenvalue weighted by molar-refractivity contribution is 9.10. The van der Waals surface area contributed by atoms with Gasteiger partial charge < -0.3 is 5.32 Å². The van der Waals surface area contributed by atoms with Crippen molar-refractivity contribution in [3.63, 3.8) is 0 Å². The third-order valence-electron chi connectivity index (χ3n) is 3.27. The first-order valence-electron chi connectivity index (χ1n) is 6.50. The van der Waals surface area contributed by atoms with Gasteiger partial charge in [0.05, 0.1) is 9.37 Å². The Morgan fingerprint density at radius 1 is 1.38 bits per heavy atom. The fourth-order valence-electron chi connectivity index (χ4n) is 1.82. The average molecular weight is 381 g/mol. The van der Waals surface area contributed by atoms with Gasteiger partial charge in [0, 0.05) is 12.1 Å². The van der Waals surface area contributed by atoms with Crippen molar-refractivity contribution in [3.8, 4) is 0 Å². The average Bonchev–Trinajstić information content (AvgIpc) is 2.41. The molecule has 0 aliphatic heterocycles. The molecule has 0 unspecified atom stereocenters. The van der Waals surface area contributed by atoms with E-state index in [-0.39, 0.29) is 10.0 Å². The number of halogens is 2. The smallest absolute Gasteiger partial charge is 0.251 e. The number of carbonyl (C=O) groups is 1. The van der Waals surface area contributed by atoms with Crippen LogP contribution in [0.1, 0.15) is 37.0 Å². The standard InChI is InChI=1S/C13H18BrFN2O3S/c1-3-8(4-2)7-17-13(18)9-5-10(15)12(14)11(6-9)21(16,19)20/h5-6,8H,3-4,7H2,1-2H3,(H,17,18)(H2,16,19,20). The summed E-state index contributed by atoms with van der Waals surface area (Å²) in [6, 6.07) is 2.03. The highest BCUT2D eigenvalue weighted by Gasteiger charge is 2.20. The predicted molar refractivity (Wildman–Crippen MR) is 81.9 cm³/mol. The van der Waals surface area contributed by atoms with E-state index in [9.17, 15) is 17.6 Å². The Balaban J connectivity index is 3.04. The van der Waals surface area contributed by atoms with Crippen LogP contribution in [0.3, 0.4) is 0 Å². The van der Waals surface area contributed by atoms with Crippen molar-refractivity contribution < 1.29 is 17.6 Å². The van der Waals surface area contributed by atoms with E-state index in [1.165, 1.54) is 0 Å². The number of sulfonamides is 1. The quantitative estimate of drug-likeness (QED) is 0.793. The normalized spacial score (nSPS) is 11.7. The van der Waals surface area contributed by atoms with Gasteiger partial charge in [-0.25, -0.2) is 17.9 Å². The van der Waals surface area contributed by atoms with Crippen LogP contribution in [0, 0.1) is 11.7 Å². The second-order valence-electron chi connectivity index (χ2n) is 4.71. The van der Waals surface area contributed by atoms with Crippen LogP contribution in [0.2, 0.25) is 0 Å². The summed E-state index contributed by atoms with van der Waals surface area (Å²) in [6.07, 6.45) is 1.82. The maximum atomic E-state index is 13.7. The minimum atomic E-state index is -4.12. The molecule has 1 amide bonds. The van der Waals surface area contributed by atoms with Crippen molar-refractivity contribution in [2.75, 3.05) is 6.54 Å². The number of primary sulfonamides is 1. The van der Waals surface area contributed by atoms with E-state index in [0.717, 1.165) is 25.0 Å². The molecule has 0 saturated heterocycles. The largest absolute Gasteiger partial charge is 0.352 e. The van der Waals surface area contributed by atoms with E-state index < -0.39 is 26.6 Å². The number of benzene rings is 1. The molecule has 0 aromatic heterocycles. The molecule has 0 heterocycles. The molecule has 1 aromatic rings. The van der Waals surface area contributed by atoms with Gasteiger partial charge in [-0.3, -0.25) is 4.79 Å². The number of carbonyl (C=O) groups excluding carboxylic acids is 1. The number of rotatable bonds is 6. The first kappa shape index (κ1) is 18.1. The van der Waals surface area contributed by atoms with Crippen LogP contribution < -0.4 is 10.5 Å². The summed E-state index contributed by atoms with van der Waals surface area (Å²) in [4.78, 5) is 11.5. The molecule has 0 atom stereocenters. The first-order chi connectivity index (χ1) is 9.70. The minimum absolute atomic E-state index is 0.0781. The van der Waals surface area contributed by atoms with Gasteiger partial charge in [0.1, 0.15) is 5.82 Å². The van der Waals surface area contributed by atoms with E-state index in [0.29, 0.717) is 12.5 Å². The van der Waals surface area contributed by atoms with Crippen molar-refractivity contribution >= 4 is 31.9 Å². The summed E-state index contributed by atoms with van der Waals surface area (Å²) in [5.41, 5.74) is -0.0781. The van der Waals surface area contributed by atoms with Crippen LogP contribution in [-0.4, -0.2) is 20.9 Å². The van der Waals surface area contributed by atoms with Crippen molar-refractivity contribution in [2.45, 2.75) is 31.6 Å². The van der Waals surface area contributed by atoms with Gasteiger partial charge in [-0.2, -0.15) is 0 Å². The van der Waals surface area contributed by atoms with Crippen LogP contribution in [0.4, 0.5) is 4.39 Å². The number of nitrogens with two attached hydrogens (primary N) is 1. The molecule has 0 radical (unpaired) electrons. The predicted octanol–water partition coefficient (Wildman–Crippen LogP) is 2.40. The van der Waals surface area contributed by atoms with Crippen molar-refractivity contribution in [1.82, 2.24) is 5.32 Å². The van der Waals surface area contributed by atoms with Gasteiger partial charge >= 0.3 is 0 Å². The highest BCUT2D eigenvalue weighted by Crippen LogP contribution is 2.25. The van der Waals surface area contributed by atoms with Crippen molar-refractivity contribution in [3.05, 3.63) is 28.0 Å². The lowest BCUT2D eigenvalue weighted by Crippen LogP contribution is -2.29. The Labute approximate surface area is 132 Å². The fourth-order valence-corrected chi connectivity index (χ4v) is 3.36. The topological polar surface area (TPSA) is 89.3 Å². The first-order valence-corrected chi connectivity index (χ1v) is 8.84. The lowest BCUT2D eigenvalue weighted by atomic mass is 10.0. The molecule has 0 saturated carbocycles. The summed E-state index contributed by atoms with van der Waals surface area (Å²) in [7, 11) is -4.12. The van der Waals surface area contributed by atoms with Crippen LogP contribution in [0.15, 0.2) is 21.5 Å². The Morgan fingerprint density at radius 2 is 1.95 bits per heavy atom. The summed E-state index contributed by atoms with van der Waals surface area (Å²) in [5.74, 6) is -1.06. The van der Waals surface area contributed by atoms with Crippen molar-refractivity contribution in [1.29, 1.82) is 0 Å². The molecule has 1 rings (SSSR count). The number of nitrogens with one attached hydrogen (secondary N) is 1. The van der Waals surface area contributed by atoms with Crippen LogP contribution >= 0.6 is 15.9 Å². The second kappa shape index (κ2) is 7.33. The lowest BCUT2D eigenvalue weighted by Gasteiger charge is -2.14. The molecule has 0 aliphatic carbocycles. The van der Waals surface area contributed by atoms with E-state index in [1.807, 2.05) is 13.8 Å². The molecule has 118 valence electrons. The third-order valence-corrected chi connectivity index (χ3v) is 5.27. The summed E-state index contributed by atoms with van der Waals surface area (Å²) < 4.78 is 36.2. The van der Waals surface area contributed by atoms with Gasteiger partial charge in [0.2, 0.25) is 10.0 Å². The highest BCUT2D eigenvalue weighted by atomic mass is 79.9. The lowest BCUT2D eigenvalue weighted by molar-refractivity contribution is 0.0945. The third kappa shape index (κ3) is 4.76. The zero-order valence-corrected chi connectivity index (χ0v) is 14.2. The van der Waals surface area contributed by atoms with Crippen LogP contribution in [0.5, 0.6) is 0 Å². The van der Waals surface area contributed by atoms with E-state index in [2.05, 4.69) is 21.2 Å². The summed E-state index contributed by atoms with van der Waals surface area (Å²) in [6.45, 7) is 4.48. The molecule has 3 N–H and O–H groups in total. The zero-order chi connectivity index (χ0) is 16.2. The van der Waals surface area contributed by atoms with Crippen LogP contribution in [-0.2, 0) is 10.0 Å². The molecular formula is C13H18BrFN2O3S. The molecule has 5 nitrogen and oxygen atoms in total. The van der Waals surface area contributed by atoms with E-state index in [4.69, 9.17) is 5.14 Å². The van der Waals surface area contributed by atoms with Crippen LogP contribution in [0.25, 0.3) is 0 Å². The Kier molecular flexibility index (Phi) is 6.30. The molecule has 21 heavy (non-hydrogen) atoms. The van der Waals surface area contributed by atoms with Gasteiger partial charge in [0.25, 0.3) is 5.91 Å². The Hall–Kier alpha value is -0.990. The molecule has 0 fully saturated rings. The van der Waals surface area contributed by atoms with Gasteiger partial charge in [-0.15, -0.1) is 0 Å². The molecule has 8 heteroatoms. The monoisotopic (exact) mass is 380 g/mol. The molecular weight excluding hydrogens is 363 g/mol. The molecule has 0 aliphatic rings. The molecule has 1 aromatic carbocycles. The zero-order valence-electron chi connectivity index (χ0n) is 11.8. The number of hydrogen-bond donors (Lipinski definition) is 2. The fraction of sp³-hybridized carbons (Fsp3) is 0.462. The summed E-state index contributed by atoms with van der Waals surface area (Å²) in [5, 5.41) is 7.67. The van der Waals surface area contributed by atoms with Gasteiger partial charge in [-0.1, -0.05) is 26.7 Å². The minimum Gasteiger partial charge on any atom is -0.352 e. The molecule has 0 spiro atoms. The maximum absolute atomic E-state index is 13.7. The SMILES string of the molecule is CCC(CC)CNC(=O)c1cc(F)c(Br)c(S(N)(=O)=O)c1. The van der Waals surface area contributed by atoms with Gasteiger partial charge in [-0.05, 0) is 34.0 Å². The molecule has 0 bridgehead atoms. The van der Waals surface area contributed by atoms with Gasteiger partial charge in [0.15, 0.2) is 0 Å². The second-order valence-corrected chi connectivity index (χ2v) is 7.03. The van der Waals surface area contributed by atoms with Crippen molar-refractivity contribution in [2.24, 2.45) is 11.1 Å². The maximum Gasteiger partial charge on any atom is 0.251 e. The Morgan fingerprint density at radius 3 is 2.43 bits per heavy atom. The van der Waals surface area contributed by atoms with E-state index in [1.54, 1.807) is 0 Å². The Bertz CT molecular complexity index is 631. The number of hydrogen-bond acceptors (Lipinski definition) is 3. The summed E-state index contributed by atoms with van der Waals surface area (Å²) >= 11 is 2.82. The number of amides is 1.